The van der Waals surface area contributed by atoms with Crippen LogP contribution in [0.5, 0.6) is 0 Å². The van der Waals surface area contributed by atoms with Crippen molar-refractivity contribution in [1.29, 1.82) is 0 Å². The van der Waals surface area contributed by atoms with Gasteiger partial charge >= 0.3 is 0 Å². The van der Waals surface area contributed by atoms with E-state index in [4.69, 9.17) is 5.73 Å². The zero-order valence-corrected chi connectivity index (χ0v) is 12.2. The molecular formula is C15H15BrN2O. The van der Waals surface area contributed by atoms with E-state index < -0.39 is 0 Å². The number of amides is 1. The minimum Gasteiger partial charge on any atom is -0.326 e. The van der Waals surface area contributed by atoms with E-state index in [1.54, 1.807) is 6.07 Å². The standard InChI is InChI=1S/C15H15BrN2O/c1-10-8-12(16)6-7-13(10)15(19)18-14-5-3-2-4-11(14)9-17/h2-8H,9,17H2,1H3,(H,18,19). The van der Waals surface area contributed by atoms with Crippen molar-refractivity contribution in [3.63, 3.8) is 0 Å². The van der Waals surface area contributed by atoms with Crippen LogP contribution in [0.2, 0.25) is 0 Å². The van der Waals surface area contributed by atoms with Crippen LogP contribution < -0.4 is 11.1 Å². The van der Waals surface area contributed by atoms with Crippen molar-refractivity contribution in [3.05, 3.63) is 63.6 Å². The molecule has 0 spiro atoms. The highest BCUT2D eigenvalue weighted by molar-refractivity contribution is 9.10. The molecule has 0 atom stereocenters. The molecule has 98 valence electrons. The number of aryl methyl sites for hydroxylation is 1. The van der Waals surface area contributed by atoms with Crippen molar-refractivity contribution in [1.82, 2.24) is 0 Å². The van der Waals surface area contributed by atoms with Crippen LogP contribution in [0.4, 0.5) is 5.69 Å². The van der Waals surface area contributed by atoms with Gasteiger partial charge in [-0.3, -0.25) is 4.79 Å². The number of hydrogen-bond acceptors (Lipinski definition) is 2. The van der Waals surface area contributed by atoms with Crippen molar-refractivity contribution in [2.45, 2.75) is 13.5 Å². The molecule has 0 radical (unpaired) electrons. The van der Waals surface area contributed by atoms with Crippen molar-refractivity contribution >= 4 is 27.5 Å². The van der Waals surface area contributed by atoms with Gasteiger partial charge in [-0.25, -0.2) is 0 Å². The number of hydrogen-bond donors (Lipinski definition) is 2. The lowest BCUT2D eigenvalue weighted by atomic mass is 10.1. The van der Waals surface area contributed by atoms with Gasteiger partial charge in [-0.2, -0.15) is 0 Å². The first kappa shape index (κ1) is 13.8. The van der Waals surface area contributed by atoms with Gasteiger partial charge in [0, 0.05) is 22.3 Å². The number of carbonyl (C=O) groups excluding carboxylic acids is 1. The summed E-state index contributed by atoms with van der Waals surface area (Å²) in [5, 5.41) is 2.90. The summed E-state index contributed by atoms with van der Waals surface area (Å²) in [6.07, 6.45) is 0. The molecule has 19 heavy (non-hydrogen) atoms. The number of halogens is 1. The maximum absolute atomic E-state index is 12.2. The minimum absolute atomic E-state index is 0.120. The lowest BCUT2D eigenvalue weighted by Gasteiger charge is -2.11. The Balaban J connectivity index is 2.26. The first-order valence-corrected chi connectivity index (χ1v) is 6.76. The SMILES string of the molecule is Cc1cc(Br)ccc1C(=O)Nc1ccccc1CN. The van der Waals surface area contributed by atoms with Crippen LogP contribution in [0.15, 0.2) is 46.9 Å². The molecule has 0 aliphatic heterocycles. The highest BCUT2D eigenvalue weighted by atomic mass is 79.9. The molecule has 0 fully saturated rings. The molecule has 0 aliphatic rings. The topological polar surface area (TPSA) is 55.1 Å². The quantitative estimate of drug-likeness (QED) is 0.910. The zero-order chi connectivity index (χ0) is 13.8. The third-order valence-electron chi connectivity index (χ3n) is 2.92. The second kappa shape index (κ2) is 5.99. The molecule has 3 nitrogen and oxygen atoms in total. The Morgan fingerprint density at radius 2 is 2.00 bits per heavy atom. The summed E-state index contributed by atoms with van der Waals surface area (Å²) in [5.74, 6) is -0.120. The van der Waals surface area contributed by atoms with Gasteiger partial charge in [-0.1, -0.05) is 34.1 Å². The maximum atomic E-state index is 12.2. The molecule has 2 aromatic rings. The Kier molecular flexibility index (Phi) is 4.35. The first-order valence-electron chi connectivity index (χ1n) is 5.97. The molecular weight excluding hydrogens is 304 g/mol. The van der Waals surface area contributed by atoms with Gasteiger partial charge in [0.25, 0.3) is 5.91 Å². The average molecular weight is 319 g/mol. The summed E-state index contributed by atoms with van der Waals surface area (Å²) in [4.78, 5) is 12.2. The van der Waals surface area contributed by atoms with Crippen LogP contribution in [0.3, 0.4) is 0 Å². The monoisotopic (exact) mass is 318 g/mol. The second-order valence-corrected chi connectivity index (χ2v) is 5.19. The van der Waals surface area contributed by atoms with Crippen molar-refractivity contribution in [3.8, 4) is 0 Å². The number of carbonyl (C=O) groups is 1. The van der Waals surface area contributed by atoms with Gasteiger partial charge in [0.2, 0.25) is 0 Å². The Morgan fingerprint density at radius 3 is 2.68 bits per heavy atom. The van der Waals surface area contributed by atoms with E-state index in [1.807, 2.05) is 43.3 Å². The van der Waals surface area contributed by atoms with E-state index in [-0.39, 0.29) is 5.91 Å². The summed E-state index contributed by atoms with van der Waals surface area (Å²) < 4.78 is 0.962. The molecule has 2 rings (SSSR count). The summed E-state index contributed by atoms with van der Waals surface area (Å²) >= 11 is 3.39. The molecule has 0 saturated heterocycles. The lowest BCUT2D eigenvalue weighted by molar-refractivity contribution is 0.102. The fourth-order valence-electron chi connectivity index (χ4n) is 1.89. The Morgan fingerprint density at radius 1 is 1.26 bits per heavy atom. The highest BCUT2D eigenvalue weighted by Gasteiger charge is 2.10. The van der Waals surface area contributed by atoms with Gasteiger partial charge in [-0.05, 0) is 42.3 Å². The summed E-state index contributed by atoms with van der Waals surface area (Å²) in [6, 6.07) is 13.1. The molecule has 0 bridgehead atoms. The molecule has 0 aliphatic carbocycles. The van der Waals surface area contributed by atoms with E-state index in [0.717, 1.165) is 21.3 Å². The number of para-hydroxylation sites is 1. The number of nitrogens with one attached hydrogen (secondary N) is 1. The van der Waals surface area contributed by atoms with Crippen LogP contribution in [-0.4, -0.2) is 5.91 Å². The third kappa shape index (κ3) is 3.22. The van der Waals surface area contributed by atoms with Crippen LogP contribution in [0.1, 0.15) is 21.5 Å². The van der Waals surface area contributed by atoms with Gasteiger partial charge in [0.1, 0.15) is 0 Å². The molecule has 0 saturated carbocycles. The predicted molar refractivity (Wildman–Crippen MR) is 81.2 cm³/mol. The lowest BCUT2D eigenvalue weighted by Crippen LogP contribution is -2.15. The van der Waals surface area contributed by atoms with Crippen molar-refractivity contribution < 1.29 is 4.79 Å². The van der Waals surface area contributed by atoms with E-state index in [9.17, 15) is 4.79 Å². The van der Waals surface area contributed by atoms with Crippen LogP contribution >= 0.6 is 15.9 Å². The summed E-state index contributed by atoms with van der Waals surface area (Å²) in [7, 11) is 0. The Hall–Kier alpha value is -1.65. The van der Waals surface area contributed by atoms with E-state index in [0.29, 0.717) is 12.1 Å². The molecule has 4 heteroatoms. The van der Waals surface area contributed by atoms with Gasteiger partial charge in [0.05, 0.1) is 0 Å². The average Bonchev–Trinajstić information content (AvgIpc) is 2.39. The molecule has 2 aromatic carbocycles. The van der Waals surface area contributed by atoms with Crippen LogP contribution in [0, 0.1) is 6.92 Å². The van der Waals surface area contributed by atoms with Gasteiger partial charge in [-0.15, -0.1) is 0 Å². The number of benzene rings is 2. The normalized spacial score (nSPS) is 10.3. The third-order valence-corrected chi connectivity index (χ3v) is 3.41. The van der Waals surface area contributed by atoms with Crippen LogP contribution in [0.25, 0.3) is 0 Å². The smallest absolute Gasteiger partial charge is 0.255 e. The van der Waals surface area contributed by atoms with Gasteiger partial charge in [0.15, 0.2) is 0 Å². The first-order chi connectivity index (χ1) is 9.11. The number of nitrogens with two attached hydrogens (primary N) is 1. The van der Waals surface area contributed by atoms with Crippen molar-refractivity contribution in [2.24, 2.45) is 5.73 Å². The molecule has 0 aromatic heterocycles. The summed E-state index contributed by atoms with van der Waals surface area (Å²) in [6.45, 7) is 2.31. The molecule has 0 heterocycles. The fraction of sp³-hybridized carbons (Fsp3) is 0.133. The van der Waals surface area contributed by atoms with E-state index >= 15 is 0 Å². The van der Waals surface area contributed by atoms with Crippen LogP contribution in [-0.2, 0) is 6.54 Å². The second-order valence-electron chi connectivity index (χ2n) is 4.27. The zero-order valence-electron chi connectivity index (χ0n) is 10.6. The van der Waals surface area contributed by atoms with Gasteiger partial charge < -0.3 is 11.1 Å². The van der Waals surface area contributed by atoms with E-state index in [1.165, 1.54) is 0 Å². The minimum atomic E-state index is -0.120. The maximum Gasteiger partial charge on any atom is 0.255 e. The van der Waals surface area contributed by atoms with Crippen molar-refractivity contribution in [2.75, 3.05) is 5.32 Å². The Labute approximate surface area is 121 Å². The number of anilines is 1. The fourth-order valence-corrected chi connectivity index (χ4v) is 2.37. The highest BCUT2D eigenvalue weighted by Crippen LogP contribution is 2.19. The van der Waals surface area contributed by atoms with E-state index in [2.05, 4.69) is 21.2 Å². The predicted octanol–water partition coefficient (Wildman–Crippen LogP) is 3.47. The molecule has 0 unspecified atom stereocenters. The molecule has 1 amide bonds. The summed E-state index contributed by atoms with van der Waals surface area (Å²) in [5.41, 5.74) is 8.93. The number of rotatable bonds is 3. The largest absolute Gasteiger partial charge is 0.326 e. The Bertz CT molecular complexity index is 611. The molecule has 3 N–H and O–H groups in total.